The topological polar surface area (TPSA) is 12.0 Å². The molecule has 1 fully saturated rings. The van der Waals surface area contributed by atoms with Gasteiger partial charge in [0.1, 0.15) is 0 Å². The Morgan fingerprint density at radius 1 is 1.17 bits per heavy atom. The van der Waals surface area contributed by atoms with Crippen LogP contribution in [-0.4, -0.2) is 12.6 Å². The zero-order chi connectivity index (χ0) is 13.3. The fourth-order valence-electron chi connectivity index (χ4n) is 2.50. The second-order valence-electron chi connectivity index (χ2n) is 7.04. The molecule has 1 aliphatic rings. The highest BCUT2D eigenvalue weighted by Crippen LogP contribution is 2.47. The standard InChI is InChI=1S/C17H27N/c1-12(2)18-11-14-10-16(14)13-6-8-15(9-7-13)17(3,4)5/h6-9,12,14,16,18H,10-11H2,1-5H3. The summed E-state index contributed by atoms with van der Waals surface area (Å²) < 4.78 is 0. The average Bonchev–Trinajstić information content (AvgIpc) is 3.05. The zero-order valence-electron chi connectivity index (χ0n) is 12.5. The summed E-state index contributed by atoms with van der Waals surface area (Å²) in [6.07, 6.45) is 1.36. The van der Waals surface area contributed by atoms with Crippen LogP contribution in [-0.2, 0) is 5.41 Å². The van der Waals surface area contributed by atoms with Gasteiger partial charge in [-0.25, -0.2) is 0 Å². The van der Waals surface area contributed by atoms with Crippen LogP contribution in [0, 0.1) is 5.92 Å². The predicted molar refractivity (Wildman–Crippen MR) is 79.1 cm³/mol. The normalized spacial score (nSPS) is 23.4. The fourth-order valence-corrected chi connectivity index (χ4v) is 2.50. The highest BCUT2D eigenvalue weighted by atomic mass is 14.9. The van der Waals surface area contributed by atoms with Gasteiger partial charge in [0.2, 0.25) is 0 Å². The van der Waals surface area contributed by atoms with Crippen molar-refractivity contribution in [3.63, 3.8) is 0 Å². The summed E-state index contributed by atoms with van der Waals surface area (Å²) >= 11 is 0. The van der Waals surface area contributed by atoms with Crippen molar-refractivity contribution >= 4 is 0 Å². The van der Waals surface area contributed by atoms with Gasteiger partial charge < -0.3 is 5.32 Å². The lowest BCUT2D eigenvalue weighted by Crippen LogP contribution is -2.25. The monoisotopic (exact) mass is 245 g/mol. The maximum atomic E-state index is 3.54. The first kappa shape index (κ1) is 13.6. The quantitative estimate of drug-likeness (QED) is 0.842. The molecule has 100 valence electrons. The van der Waals surface area contributed by atoms with E-state index >= 15 is 0 Å². The number of hydrogen-bond acceptors (Lipinski definition) is 1. The van der Waals surface area contributed by atoms with Crippen LogP contribution in [0.5, 0.6) is 0 Å². The Balaban J connectivity index is 1.92. The SMILES string of the molecule is CC(C)NCC1CC1c1ccc(C(C)(C)C)cc1. The van der Waals surface area contributed by atoms with Crippen molar-refractivity contribution in [1.29, 1.82) is 0 Å². The average molecular weight is 245 g/mol. The van der Waals surface area contributed by atoms with Gasteiger partial charge in [0.05, 0.1) is 0 Å². The van der Waals surface area contributed by atoms with Gasteiger partial charge in [-0.1, -0.05) is 58.9 Å². The molecule has 0 radical (unpaired) electrons. The Labute approximate surface area is 112 Å². The Kier molecular flexibility index (Phi) is 3.82. The molecule has 18 heavy (non-hydrogen) atoms. The maximum absolute atomic E-state index is 3.54. The minimum atomic E-state index is 0.265. The van der Waals surface area contributed by atoms with E-state index in [1.54, 1.807) is 0 Å². The van der Waals surface area contributed by atoms with E-state index in [0.717, 1.165) is 11.8 Å². The fraction of sp³-hybridized carbons (Fsp3) is 0.647. The van der Waals surface area contributed by atoms with E-state index in [1.165, 1.54) is 24.1 Å². The first-order valence-electron chi connectivity index (χ1n) is 7.22. The van der Waals surface area contributed by atoms with Gasteiger partial charge in [0.25, 0.3) is 0 Å². The van der Waals surface area contributed by atoms with E-state index in [0.29, 0.717) is 6.04 Å². The summed E-state index contributed by atoms with van der Waals surface area (Å²) in [6.45, 7) is 12.4. The summed E-state index contributed by atoms with van der Waals surface area (Å²) in [5, 5.41) is 3.54. The Hall–Kier alpha value is -0.820. The molecule has 0 saturated heterocycles. The molecule has 1 aliphatic carbocycles. The van der Waals surface area contributed by atoms with Crippen LogP contribution in [0.4, 0.5) is 0 Å². The lowest BCUT2D eigenvalue weighted by molar-refractivity contribution is 0.554. The first-order chi connectivity index (χ1) is 8.38. The van der Waals surface area contributed by atoms with Crippen LogP contribution in [0.25, 0.3) is 0 Å². The molecule has 1 heteroatoms. The molecular weight excluding hydrogens is 218 g/mol. The third-order valence-electron chi connectivity index (χ3n) is 3.92. The maximum Gasteiger partial charge on any atom is 0.00104 e. The van der Waals surface area contributed by atoms with Crippen LogP contribution in [0.15, 0.2) is 24.3 Å². The molecule has 0 aromatic heterocycles. The lowest BCUT2D eigenvalue weighted by Gasteiger charge is -2.19. The van der Waals surface area contributed by atoms with Crippen molar-refractivity contribution < 1.29 is 0 Å². The second-order valence-corrected chi connectivity index (χ2v) is 7.04. The molecule has 0 spiro atoms. The molecule has 1 saturated carbocycles. The molecule has 0 amide bonds. The van der Waals surface area contributed by atoms with Crippen molar-refractivity contribution in [2.75, 3.05) is 6.54 Å². The van der Waals surface area contributed by atoms with Crippen LogP contribution in [0.2, 0.25) is 0 Å². The Morgan fingerprint density at radius 3 is 2.28 bits per heavy atom. The summed E-state index contributed by atoms with van der Waals surface area (Å²) in [4.78, 5) is 0. The smallest absolute Gasteiger partial charge is 0.00104 e. The van der Waals surface area contributed by atoms with Gasteiger partial charge >= 0.3 is 0 Å². The minimum Gasteiger partial charge on any atom is -0.314 e. The molecule has 1 aromatic carbocycles. The van der Waals surface area contributed by atoms with Crippen molar-refractivity contribution in [2.24, 2.45) is 5.92 Å². The molecule has 2 unspecified atom stereocenters. The van der Waals surface area contributed by atoms with E-state index < -0.39 is 0 Å². The molecule has 1 nitrogen and oxygen atoms in total. The number of benzene rings is 1. The second kappa shape index (κ2) is 5.05. The van der Waals surface area contributed by atoms with Gasteiger partial charge in [-0.15, -0.1) is 0 Å². The van der Waals surface area contributed by atoms with Gasteiger partial charge in [-0.3, -0.25) is 0 Å². The van der Waals surface area contributed by atoms with E-state index in [2.05, 4.69) is 64.2 Å². The summed E-state index contributed by atoms with van der Waals surface area (Å²) in [7, 11) is 0. The lowest BCUT2D eigenvalue weighted by atomic mass is 9.86. The molecule has 0 bridgehead atoms. The Morgan fingerprint density at radius 2 is 1.78 bits per heavy atom. The zero-order valence-corrected chi connectivity index (χ0v) is 12.5. The van der Waals surface area contributed by atoms with Crippen molar-refractivity contribution in [1.82, 2.24) is 5.32 Å². The highest BCUT2D eigenvalue weighted by molar-refractivity contribution is 5.32. The minimum absolute atomic E-state index is 0.265. The van der Waals surface area contributed by atoms with Crippen molar-refractivity contribution in [3.8, 4) is 0 Å². The third kappa shape index (κ3) is 3.35. The summed E-state index contributed by atoms with van der Waals surface area (Å²) in [6, 6.07) is 9.89. The number of nitrogens with one attached hydrogen (secondary N) is 1. The van der Waals surface area contributed by atoms with Crippen molar-refractivity contribution in [2.45, 2.75) is 58.4 Å². The van der Waals surface area contributed by atoms with E-state index in [1.807, 2.05) is 0 Å². The third-order valence-corrected chi connectivity index (χ3v) is 3.92. The molecule has 2 rings (SSSR count). The van der Waals surface area contributed by atoms with Crippen LogP contribution < -0.4 is 5.32 Å². The van der Waals surface area contributed by atoms with E-state index in [4.69, 9.17) is 0 Å². The molecular formula is C17H27N. The van der Waals surface area contributed by atoms with Gasteiger partial charge in [-0.05, 0) is 41.3 Å². The van der Waals surface area contributed by atoms with Crippen LogP contribution in [0.3, 0.4) is 0 Å². The number of hydrogen-bond donors (Lipinski definition) is 1. The van der Waals surface area contributed by atoms with Crippen LogP contribution in [0.1, 0.15) is 58.1 Å². The van der Waals surface area contributed by atoms with Gasteiger partial charge in [0, 0.05) is 6.04 Å². The summed E-state index contributed by atoms with van der Waals surface area (Å²) in [5.74, 6) is 1.65. The molecule has 1 N–H and O–H groups in total. The number of rotatable bonds is 4. The van der Waals surface area contributed by atoms with Gasteiger partial charge in [-0.2, -0.15) is 0 Å². The summed E-state index contributed by atoms with van der Waals surface area (Å²) in [5.41, 5.74) is 3.23. The van der Waals surface area contributed by atoms with Gasteiger partial charge in [0.15, 0.2) is 0 Å². The van der Waals surface area contributed by atoms with Crippen molar-refractivity contribution in [3.05, 3.63) is 35.4 Å². The molecule has 0 aliphatic heterocycles. The predicted octanol–water partition coefficient (Wildman–Crippen LogP) is 4.09. The molecule has 0 heterocycles. The molecule has 1 aromatic rings. The Bertz CT molecular complexity index is 383. The highest BCUT2D eigenvalue weighted by Gasteiger charge is 2.37. The van der Waals surface area contributed by atoms with Crippen LogP contribution >= 0.6 is 0 Å². The van der Waals surface area contributed by atoms with E-state index in [-0.39, 0.29) is 5.41 Å². The first-order valence-corrected chi connectivity index (χ1v) is 7.22. The molecule has 2 atom stereocenters. The largest absolute Gasteiger partial charge is 0.314 e. The van der Waals surface area contributed by atoms with E-state index in [9.17, 15) is 0 Å².